The molecule has 0 unspecified atom stereocenters. The first kappa shape index (κ1) is 26.9. The van der Waals surface area contributed by atoms with E-state index < -0.39 is 0 Å². The van der Waals surface area contributed by atoms with Crippen LogP contribution in [0.2, 0.25) is 0 Å². The third-order valence-electron chi connectivity index (χ3n) is 8.41. The Hall–Kier alpha value is -2.72. The molecule has 1 fully saturated rings. The maximum atomic E-state index is 3.97. The highest BCUT2D eigenvalue weighted by atomic mass is 15.0. The summed E-state index contributed by atoms with van der Waals surface area (Å²) >= 11 is 0. The van der Waals surface area contributed by atoms with Gasteiger partial charge in [0.05, 0.1) is 0 Å². The third-order valence-corrected chi connectivity index (χ3v) is 8.41. The first-order valence-corrected chi connectivity index (χ1v) is 14.8. The topological polar surface area (TPSA) is 36.1 Å². The zero-order valence-corrected chi connectivity index (χ0v) is 23.1. The Bertz CT molecular complexity index is 1280. The van der Waals surface area contributed by atoms with Crippen molar-refractivity contribution in [2.75, 3.05) is 26.7 Å². The van der Waals surface area contributed by atoms with Gasteiger partial charge in [0.25, 0.3) is 0 Å². The van der Waals surface area contributed by atoms with Gasteiger partial charge in [-0.15, -0.1) is 0 Å². The number of nitrogens with one attached hydrogen (secondary N) is 3. The van der Waals surface area contributed by atoms with Crippen LogP contribution in [0.3, 0.4) is 0 Å². The van der Waals surface area contributed by atoms with Gasteiger partial charge in [-0.1, -0.05) is 117 Å². The van der Waals surface area contributed by atoms with Crippen LogP contribution in [0.25, 0.3) is 21.5 Å². The van der Waals surface area contributed by atoms with Crippen LogP contribution in [0, 0.1) is 5.92 Å². The second-order valence-corrected chi connectivity index (χ2v) is 11.4. The van der Waals surface area contributed by atoms with E-state index in [1.807, 2.05) is 0 Å². The Labute approximate surface area is 229 Å². The number of hydrogen-bond donors (Lipinski definition) is 3. The van der Waals surface area contributed by atoms with Gasteiger partial charge in [-0.05, 0) is 71.4 Å². The molecular weight excluding hydrogens is 462 g/mol. The molecule has 0 aromatic heterocycles. The molecule has 200 valence electrons. The van der Waals surface area contributed by atoms with Gasteiger partial charge in [-0.25, -0.2) is 0 Å². The predicted molar refractivity (Wildman–Crippen MR) is 164 cm³/mol. The molecule has 3 N–H and O–H groups in total. The minimum atomic E-state index is 0.389. The SMILES string of the molecule is CNC[C@H](Cc1ccc2ccccc2c1)NC[C@H](Cc1ccc2ccccc2c1)NCCC1CCCCC1. The molecule has 0 amide bonds. The standard InChI is InChI=1S/C35H45N3/c1-36-25-34(23-28-15-17-30-11-5-7-13-32(30)21-28)38-26-35(37-20-19-27-9-3-2-4-10-27)24-29-16-18-31-12-6-8-14-33(31)22-29/h5-8,11-18,21-22,27,34-38H,2-4,9-10,19-20,23-26H2,1H3/t34-,35-/m0/s1. The van der Waals surface area contributed by atoms with Crippen LogP contribution >= 0.6 is 0 Å². The molecule has 0 saturated heterocycles. The maximum absolute atomic E-state index is 3.97. The quantitative estimate of drug-likeness (QED) is 0.184. The van der Waals surface area contributed by atoms with E-state index in [-0.39, 0.29) is 0 Å². The molecule has 0 bridgehead atoms. The average molecular weight is 508 g/mol. The molecule has 3 nitrogen and oxygen atoms in total. The monoisotopic (exact) mass is 507 g/mol. The first-order valence-electron chi connectivity index (χ1n) is 14.8. The summed E-state index contributed by atoms with van der Waals surface area (Å²) in [5, 5.41) is 16.6. The fourth-order valence-electron chi connectivity index (χ4n) is 6.26. The van der Waals surface area contributed by atoms with Gasteiger partial charge in [0.1, 0.15) is 0 Å². The highest BCUT2D eigenvalue weighted by Gasteiger charge is 2.17. The van der Waals surface area contributed by atoms with Gasteiger partial charge in [0, 0.05) is 25.2 Å². The lowest BCUT2D eigenvalue weighted by Crippen LogP contribution is -2.47. The normalized spacial score (nSPS) is 16.1. The summed E-state index contributed by atoms with van der Waals surface area (Å²) < 4.78 is 0. The molecule has 0 spiro atoms. The molecule has 4 aromatic rings. The summed E-state index contributed by atoms with van der Waals surface area (Å²) in [6.07, 6.45) is 10.5. The van der Waals surface area contributed by atoms with E-state index in [0.29, 0.717) is 12.1 Å². The van der Waals surface area contributed by atoms with Gasteiger partial charge in [-0.3, -0.25) is 0 Å². The van der Waals surface area contributed by atoms with Crippen molar-refractivity contribution in [2.45, 2.75) is 63.5 Å². The van der Waals surface area contributed by atoms with Crippen LogP contribution in [0.1, 0.15) is 49.7 Å². The van der Waals surface area contributed by atoms with Crippen molar-refractivity contribution in [1.82, 2.24) is 16.0 Å². The van der Waals surface area contributed by atoms with Crippen molar-refractivity contribution in [2.24, 2.45) is 5.92 Å². The van der Waals surface area contributed by atoms with E-state index in [4.69, 9.17) is 0 Å². The summed E-state index contributed by atoms with van der Waals surface area (Å²) in [6, 6.07) is 32.0. The lowest BCUT2D eigenvalue weighted by atomic mass is 9.87. The Kier molecular flexibility index (Phi) is 9.82. The second kappa shape index (κ2) is 13.9. The highest BCUT2D eigenvalue weighted by molar-refractivity contribution is 5.83. The zero-order chi connectivity index (χ0) is 26.0. The van der Waals surface area contributed by atoms with Crippen LogP contribution in [0.4, 0.5) is 0 Å². The number of fused-ring (bicyclic) bond motifs is 2. The molecule has 4 aromatic carbocycles. The molecule has 0 aliphatic heterocycles. The third kappa shape index (κ3) is 7.66. The van der Waals surface area contributed by atoms with E-state index >= 15 is 0 Å². The van der Waals surface area contributed by atoms with Crippen molar-refractivity contribution >= 4 is 21.5 Å². The Morgan fingerprint density at radius 3 is 1.76 bits per heavy atom. The highest BCUT2D eigenvalue weighted by Crippen LogP contribution is 2.26. The van der Waals surface area contributed by atoms with E-state index in [1.165, 1.54) is 71.2 Å². The van der Waals surface area contributed by atoms with E-state index in [2.05, 4.69) is 108 Å². The van der Waals surface area contributed by atoms with Crippen LogP contribution in [-0.4, -0.2) is 38.8 Å². The number of likely N-dealkylation sites (N-methyl/N-ethyl adjacent to an activating group) is 1. The number of benzene rings is 4. The molecule has 0 radical (unpaired) electrons. The van der Waals surface area contributed by atoms with Gasteiger partial charge >= 0.3 is 0 Å². The van der Waals surface area contributed by atoms with Crippen molar-refractivity contribution in [1.29, 1.82) is 0 Å². The Morgan fingerprint density at radius 2 is 1.18 bits per heavy atom. The molecule has 1 saturated carbocycles. The van der Waals surface area contributed by atoms with E-state index in [0.717, 1.165) is 38.4 Å². The summed E-state index contributed by atoms with van der Waals surface area (Å²) in [4.78, 5) is 0. The first-order chi connectivity index (χ1) is 18.8. The lowest BCUT2D eigenvalue weighted by molar-refractivity contribution is 0.323. The summed E-state index contributed by atoms with van der Waals surface area (Å²) in [6.45, 7) is 3.04. The molecular formula is C35H45N3. The molecule has 3 heteroatoms. The molecule has 2 atom stereocenters. The smallest absolute Gasteiger partial charge is 0.0233 e. The average Bonchev–Trinajstić information content (AvgIpc) is 2.96. The minimum absolute atomic E-state index is 0.389. The fourth-order valence-corrected chi connectivity index (χ4v) is 6.26. The fraction of sp³-hybridized carbons (Fsp3) is 0.429. The van der Waals surface area contributed by atoms with Crippen LogP contribution in [0.5, 0.6) is 0 Å². The molecule has 1 aliphatic carbocycles. The number of hydrogen-bond acceptors (Lipinski definition) is 3. The number of rotatable bonds is 13. The Balaban J connectivity index is 1.24. The van der Waals surface area contributed by atoms with Gasteiger partial charge in [0.15, 0.2) is 0 Å². The van der Waals surface area contributed by atoms with Gasteiger partial charge in [0.2, 0.25) is 0 Å². The van der Waals surface area contributed by atoms with Crippen molar-refractivity contribution in [3.8, 4) is 0 Å². The summed E-state index contributed by atoms with van der Waals surface area (Å²) in [5.74, 6) is 0.912. The Morgan fingerprint density at radius 1 is 0.632 bits per heavy atom. The maximum Gasteiger partial charge on any atom is 0.0233 e. The molecule has 0 heterocycles. The van der Waals surface area contributed by atoms with Crippen molar-refractivity contribution < 1.29 is 0 Å². The molecule has 5 rings (SSSR count). The molecule has 38 heavy (non-hydrogen) atoms. The zero-order valence-electron chi connectivity index (χ0n) is 23.1. The van der Waals surface area contributed by atoms with Crippen molar-refractivity contribution in [3.05, 3.63) is 96.1 Å². The molecule has 1 aliphatic rings. The van der Waals surface area contributed by atoms with Crippen LogP contribution < -0.4 is 16.0 Å². The minimum Gasteiger partial charge on any atom is -0.318 e. The van der Waals surface area contributed by atoms with Gasteiger partial charge < -0.3 is 16.0 Å². The van der Waals surface area contributed by atoms with Crippen LogP contribution in [-0.2, 0) is 12.8 Å². The summed E-state index contributed by atoms with van der Waals surface area (Å²) in [5.41, 5.74) is 2.81. The second-order valence-electron chi connectivity index (χ2n) is 11.4. The predicted octanol–water partition coefficient (Wildman–Crippen LogP) is 6.88. The summed E-state index contributed by atoms with van der Waals surface area (Å²) in [7, 11) is 2.06. The van der Waals surface area contributed by atoms with Gasteiger partial charge in [-0.2, -0.15) is 0 Å². The van der Waals surface area contributed by atoms with Crippen LogP contribution in [0.15, 0.2) is 84.9 Å². The van der Waals surface area contributed by atoms with Crippen molar-refractivity contribution in [3.63, 3.8) is 0 Å². The van der Waals surface area contributed by atoms with E-state index in [1.54, 1.807) is 0 Å². The lowest BCUT2D eigenvalue weighted by Gasteiger charge is -2.26. The van der Waals surface area contributed by atoms with E-state index in [9.17, 15) is 0 Å². The largest absolute Gasteiger partial charge is 0.318 e.